The molecule has 2 heterocycles. The average Bonchev–Trinajstić information content (AvgIpc) is 3.26. The summed E-state index contributed by atoms with van der Waals surface area (Å²) in [6.07, 6.45) is 2.39. The third kappa shape index (κ3) is 5.07. The normalized spacial score (nSPS) is 21.3. The minimum absolute atomic E-state index is 0.0361. The van der Waals surface area contributed by atoms with Crippen LogP contribution in [0.5, 0.6) is 0 Å². The van der Waals surface area contributed by atoms with Gasteiger partial charge in [-0.05, 0) is 44.4 Å². The van der Waals surface area contributed by atoms with Crippen LogP contribution in [0, 0.1) is 12.8 Å². The van der Waals surface area contributed by atoms with Gasteiger partial charge in [0.15, 0.2) is 0 Å². The number of ether oxygens (including phenoxy) is 1. The molecule has 4 rings (SSSR count). The number of benzene rings is 2. The van der Waals surface area contributed by atoms with Gasteiger partial charge in [-0.3, -0.25) is 14.5 Å². The van der Waals surface area contributed by atoms with Gasteiger partial charge in [0.25, 0.3) is 5.91 Å². The van der Waals surface area contributed by atoms with Crippen LogP contribution in [0.25, 0.3) is 0 Å². The molecule has 1 saturated heterocycles. The van der Waals surface area contributed by atoms with E-state index >= 15 is 0 Å². The summed E-state index contributed by atoms with van der Waals surface area (Å²) in [5, 5.41) is 6.42. The minimum atomic E-state index is -0.161. The highest BCUT2D eigenvalue weighted by atomic mass is 16.5. The summed E-state index contributed by atoms with van der Waals surface area (Å²) >= 11 is 0. The van der Waals surface area contributed by atoms with Gasteiger partial charge in [-0.2, -0.15) is 5.10 Å². The maximum Gasteiger partial charge on any atom is 0.310 e. The van der Waals surface area contributed by atoms with Crippen molar-refractivity contribution in [3.8, 4) is 0 Å². The van der Waals surface area contributed by atoms with E-state index in [0.717, 1.165) is 36.2 Å². The zero-order chi connectivity index (χ0) is 22.5. The molecule has 2 atom stereocenters. The van der Waals surface area contributed by atoms with E-state index in [1.807, 2.05) is 37.3 Å². The number of rotatable bonds is 6. The second-order valence-electron chi connectivity index (χ2n) is 8.61. The van der Waals surface area contributed by atoms with Gasteiger partial charge in [-0.1, -0.05) is 60.2 Å². The fourth-order valence-electron chi connectivity index (χ4n) is 4.51. The zero-order valence-electron chi connectivity index (χ0n) is 18.9. The van der Waals surface area contributed by atoms with E-state index in [1.54, 1.807) is 5.01 Å². The molecule has 6 heteroatoms. The van der Waals surface area contributed by atoms with Crippen molar-refractivity contribution in [1.82, 2.24) is 9.91 Å². The predicted octanol–water partition coefficient (Wildman–Crippen LogP) is 3.95. The number of amides is 1. The average molecular weight is 434 g/mol. The van der Waals surface area contributed by atoms with Crippen LogP contribution in [0.2, 0.25) is 0 Å². The standard InChI is InChI=1S/C26H31N3O3/c1-3-32-26(31)22-10-7-15-28(17-22)18-25(30)29-24(21-13-11-19(2)12-14-21)16-23(27-29)20-8-5-4-6-9-20/h4-6,8-9,11-14,22,24H,3,7,10,15-18H2,1-2H3/t22-,24+/m1/s1. The second-order valence-corrected chi connectivity index (χ2v) is 8.61. The molecule has 0 aromatic heterocycles. The van der Waals surface area contributed by atoms with Crippen LogP contribution < -0.4 is 0 Å². The Morgan fingerprint density at radius 1 is 1.09 bits per heavy atom. The number of hydrogen-bond acceptors (Lipinski definition) is 5. The fourth-order valence-corrected chi connectivity index (χ4v) is 4.51. The Bertz CT molecular complexity index is 972. The molecule has 0 spiro atoms. The summed E-state index contributed by atoms with van der Waals surface area (Å²) in [4.78, 5) is 27.7. The Morgan fingerprint density at radius 3 is 2.56 bits per heavy atom. The Hall–Kier alpha value is -2.99. The van der Waals surface area contributed by atoms with Gasteiger partial charge in [-0.15, -0.1) is 0 Å². The fraction of sp³-hybridized carbons (Fsp3) is 0.423. The second kappa shape index (κ2) is 10.1. The van der Waals surface area contributed by atoms with Crippen molar-refractivity contribution in [2.24, 2.45) is 11.0 Å². The SMILES string of the molecule is CCOC(=O)[C@@H]1CCCN(CC(=O)N2N=C(c3ccccc3)C[C@H]2c2ccc(C)cc2)C1. The number of hydrogen-bond donors (Lipinski definition) is 0. The molecule has 6 nitrogen and oxygen atoms in total. The van der Waals surface area contributed by atoms with Gasteiger partial charge in [-0.25, -0.2) is 5.01 Å². The lowest BCUT2D eigenvalue weighted by molar-refractivity contribution is -0.150. The Morgan fingerprint density at radius 2 is 1.84 bits per heavy atom. The first kappa shape index (κ1) is 22.2. The number of esters is 1. The maximum absolute atomic E-state index is 13.4. The van der Waals surface area contributed by atoms with Crippen LogP contribution in [-0.4, -0.2) is 53.7 Å². The van der Waals surface area contributed by atoms with Crippen molar-refractivity contribution < 1.29 is 14.3 Å². The van der Waals surface area contributed by atoms with Gasteiger partial charge in [0.2, 0.25) is 0 Å². The summed E-state index contributed by atoms with van der Waals surface area (Å²) in [7, 11) is 0. The summed E-state index contributed by atoms with van der Waals surface area (Å²) in [6, 6.07) is 18.2. The number of carbonyl (C=O) groups excluding carboxylic acids is 2. The lowest BCUT2D eigenvalue weighted by Gasteiger charge is -2.32. The first-order valence-electron chi connectivity index (χ1n) is 11.5. The van der Waals surface area contributed by atoms with Crippen molar-refractivity contribution >= 4 is 17.6 Å². The molecule has 0 N–H and O–H groups in total. The Balaban J connectivity index is 1.52. The lowest BCUT2D eigenvalue weighted by atomic mass is 9.97. The van der Waals surface area contributed by atoms with E-state index in [1.165, 1.54) is 5.56 Å². The van der Waals surface area contributed by atoms with Gasteiger partial charge >= 0.3 is 5.97 Å². The quantitative estimate of drug-likeness (QED) is 0.647. The number of nitrogens with zero attached hydrogens (tertiary/aromatic N) is 3. The monoisotopic (exact) mass is 433 g/mol. The number of carbonyl (C=O) groups is 2. The van der Waals surface area contributed by atoms with E-state index in [0.29, 0.717) is 19.6 Å². The smallest absolute Gasteiger partial charge is 0.310 e. The number of aryl methyl sites for hydroxylation is 1. The highest BCUT2D eigenvalue weighted by molar-refractivity contribution is 6.03. The van der Waals surface area contributed by atoms with E-state index in [-0.39, 0.29) is 30.4 Å². The summed E-state index contributed by atoms with van der Waals surface area (Å²) < 4.78 is 5.20. The summed E-state index contributed by atoms with van der Waals surface area (Å²) in [6.45, 7) is 5.89. The third-order valence-electron chi connectivity index (χ3n) is 6.22. The van der Waals surface area contributed by atoms with Crippen LogP contribution in [0.1, 0.15) is 48.9 Å². The van der Waals surface area contributed by atoms with Crippen molar-refractivity contribution in [3.63, 3.8) is 0 Å². The number of hydrazone groups is 1. The molecule has 32 heavy (non-hydrogen) atoms. The molecule has 2 aliphatic heterocycles. The van der Waals surface area contributed by atoms with Crippen molar-refractivity contribution in [2.75, 3.05) is 26.2 Å². The van der Waals surface area contributed by atoms with E-state index in [4.69, 9.17) is 9.84 Å². The van der Waals surface area contributed by atoms with Crippen LogP contribution in [0.3, 0.4) is 0 Å². The first-order valence-corrected chi connectivity index (χ1v) is 11.5. The molecule has 1 amide bonds. The van der Waals surface area contributed by atoms with Crippen LogP contribution in [0.15, 0.2) is 59.7 Å². The minimum Gasteiger partial charge on any atom is -0.466 e. The Labute approximate surface area is 189 Å². The first-order chi connectivity index (χ1) is 15.5. The highest BCUT2D eigenvalue weighted by Crippen LogP contribution is 2.33. The van der Waals surface area contributed by atoms with Crippen LogP contribution >= 0.6 is 0 Å². The molecule has 0 saturated carbocycles. The van der Waals surface area contributed by atoms with Crippen molar-refractivity contribution in [3.05, 3.63) is 71.3 Å². The molecule has 2 aromatic rings. The largest absolute Gasteiger partial charge is 0.466 e. The highest BCUT2D eigenvalue weighted by Gasteiger charge is 2.35. The lowest BCUT2D eigenvalue weighted by Crippen LogP contribution is -2.44. The number of piperidine rings is 1. The molecule has 0 radical (unpaired) electrons. The molecule has 2 aliphatic rings. The van der Waals surface area contributed by atoms with E-state index < -0.39 is 0 Å². The number of likely N-dealkylation sites (tertiary alicyclic amines) is 1. The van der Waals surface area contributed by atoms with E-state index in [9.17, 15) is 9.59 Å². The van der Waals surface area contributed by atoms with E-state index in [2.05, 4.69) is 36.1 Å². The third-order valence-corrected chi connectivity index (χ3v) is 6.22. The molecule has 2 aromatic carbocycles. The molecular weight excluding hydrogens is 402 g/mol. The molecule has 168 valence electrons. The van der Waals surface area contributed by atoms with Gasteiger partial charge < -0.3 is 4.74 Å². The van der Waals surface area contributed by atoms with Gasteiger partial charge in [0.05, 0.1) is 30.8 Å². The molecule has 0 bridgehead atoms. The van der Waals surface area contributed by atoms with Gasteiger partial charge in [0.1, 0.15) is 0 Å². The molecule has 0 aliphatic carbocycles. The predicted molar refractivity (Wildman–Crippen MR) is 124 cm³/mol. The summed E-state index contributed by atoms with van der Waals surface area (Å²) in [5.74, 6) is -0.356. The van der Waals surface area contributed by atoms with Gasteiger partial charge in [0, 0.05) is 13.0 Å². The zero-order valence-corrected chi connectivity index (χ0v) is 18.9. The van der Waals surface area contributed by atoms with Crippen LogP contribution in [-0.2, 0) is 14.3 Å². The topological polar surface area (TPSA) is 62.2 Å². The van der Waals surface area contributed by atoms with Crippen LogP contribution in [0.4, 0.5) is 0 Å². The maximum atomic E-state index is 13.4. The molecule has 0 unspecified atom stereocenters. The van der Waals surface area contributed by atoms with Crippen molar-refractivity contribution in [1.29, 1.82) is 0 Å². The molecule has 1 fully saturated rings. The molecular formula is C26H31N3O3. The summed E-state index contributed by atoms with van der Waals surface area (Å²) in [5.41, 5.74) is 4.24. The Kier molecular flexibility index (Phi) is 7.00. The van der Waals surface area contributed by atoms with Crippen molar-refractivity contribution in [2.45, 2.75) is 39.2 Å².